The smallest absolute Gasteiger partial charge is 0.271 e. The number of hydrogen-bond acceptors (Lipinski definition) is 5. The first-order valence-electron chi connectivity index (χ1n) is 7.90. The molecule has 2 aromatic rings. The Bertz CT molecular complexity index is 798. The van der Waals surface area contributed by atoms with Crippen molar-refractivity contribution in [2.75, 3.05) is 25.0 Å². The van der Waals surface area contributed by atoms with Gasteiger partial charge in [-0.25, -0.2) is 8.42 Å². The van der Waals surface area contributed by atoms with Crippen molar-refractivity contribution in [2.45, 2.75) is 24.0 Å². The molecule has 2 rings (SSSR count). The summed E-state index contributed by atoms with van der Waals surface area (Å²) in [6, 6.07) is 10.2. The molecule has 0 bridgehead atoms. The predicted octanol–water partition coefficient (Wildman–Crippen LogP) is 2.42. The summed E-state index contributed by atoms with van der Waals surface area (Å²) in [5.74, 6) is -0.101. The third-order valence-corrected chi connectivity index (χ3v) is 6.55. The number of nitrogens with one attached hydrogen (secondary N) is 2. The number of anilines is 1. The standard InChI is InChI=1S/C17H22N2O4S2/c1-3-15-8-9-17(24-15)25(21,22)19-14-6-4-13(5-7-14)12-16(20)18-10-11-23-2/h4-9,19H,3,10-12H2,1-2H3,(H,18,20). The summed E-state index contributed by atoms with van der Waals surface area (Å²) in [7, 11) is -2.00. The van der Waals surface area contributed by atoms with E-state index in [2.05, 4.69) is 10.0 Å². The van der Waals surface area contributed by atoms with Crippen molar-refractivity contribution in [2.24, 2.45) is 0 Å². The SMILES string of the molecule is CCc1ccc(S(=O)(=O)Nc2ccc(CC(=O)NCCOC)cc2)s1. The number of carbonyl (C=O) groups is 1. The lowest BCUT2D eigenvalue weighted by molar-refractivity contribution is -0.120. The molecule has 0 saturated heterocycles. The second-order valence-electron chi connectivity index (χ2n) is 5.40. The van der Waals surface area contributed by atoms with Gasteiger partial charge in [0.25, 0.3) is 10.0 Å². The van der Waals surface area contributed by atoms with Crippen molar-refractivity contribution in [1.29, 1.82) is 0 Å². The van der Waals surface area contributed by atoms with Crippen molar-refractivity contribution in [3.05, 3.63) is 46.8 Å². The molecule has 8 heteroatoms. The van der Waals surface area contributed by atoms with E-state index in [9.17, 15) is 13.2 Å². The van der Waals surface area contributed by atoms with Crippen LogP contribution in [0, 0.1) is 0 Å². The molecule has 1 aromatic heterocycles. The van der Waals surface area contributed by atoms with Crippen LogP contribution in [0.15, 0.2) is 40.6 Å². The summed E-state index contributed by atoms with van der Waals surface area (Å²) in [6.45, 7) is 2.92. The van der Waals surface area contributed by atoms with Gasteiger partial charge in [0.05, 0.1) is 13.0 Å². The number of amides is 1. The Morgan fingerprint density at radius 2 is 1.88 bits per heavy atom. The van der Waals surface area contributed by atoms with Crippen LogP contribution in [-0.4, -0.2) is 34.6 Å². The normalized spacial score (nSPS) is 11.3. The Hall–Kier alpha value is -1.90. The average molecular weight is 383 g/mol. The van der Waals surface area contributed by atoms with Gasteiger partial charge in [-0.2, -0.15) is 0 Å². The molecular formula is C17H22N2O4S2. The van der Waals surface area contributed by atoms with Gasteiger partial charge in [0.2, 0.25) is 5.91 Å². The molecule has 1 heterocycles. The minimum Gasteiger partial charge on any atom is -0.383 e. The lowest BCUT2D eigenvalue weighted by Crippen LogP contribution is -2.28. The molecule has 2 N–H and O–H groups in total. The van der Waals surface area contributed by atoms with Gasteiger partial charge in [-0.15, -0.1) is 11.3 Å². The van der Waals surface area contributed by atoms with Gasteiger partial charge in [0, 0.05) is 24.2 Å². The number of carbonyl (C=O) groups excluding carboxylic acids is 1. The molecule has 1 aromatic carbocycles. The first-order valence-corrected chi connectivity index (χ1v) is 10.2. The minimum absolute atomic E-state index is 0.101. The third-order valence-electron chi connectivity index (χ3n) is 3.45. The summed E-state index contributed by atoms with van der Waals surface area (Å²) in [4.78, 5) is 12.8. The van der Waals surface area contributed by atoms with E-state index < -0.39 is 10.0 Å². The Balaban J connectivity index is 1.96. The van der Waals surface area contributed by atoms with E-state index in [1.807, 2.05) is 13.0 Å². The van der Waals surface area contributed by atoms with Gasteiger partial charge in [0.15, 0.2) is 0 Å². The molecule has 0 aliphatic carbocycles. The Morgan fingerprint density at radius 1 is 1.16 bits per heavy atom. The fourth-order valence-corrected chi connectivity index (χ4v) is 4.48. The van der Waals surface area contributed by atoms with Crippen molar-refractivity contribution in [3.63, 3.8) is 0 Å². The third kappa shape index (κ3) is 5.84. The highest BCUT2D eigenvalue weighted by molar-refractivity contribution is 7.94. The number of methoxy groups -OCH3 is 1. The highest BCUT2D eigenvalue weighted by Gasteiger charge is 2.16. The second kappa shape index (κ2) is 8.98. The average Bonchev–Trinajstić information content (AvgIpc) is 3.07. The first-order chi connectivity index (χ1) is 11.9. The summed E-state index contributed by atoms with van der Waals surface area (Å²) in [5, 5.41) is 2.74. The van der Waals surface area contributed by atoms with Gasteiger partial charge < -0.3 is 10.1 Å². The summed E-state index contributed by atoms with van der Waals surface area (Å²) in [5.41, 5.74) is 1.28. The van der Waals surface area contributed by atoms with Crippen LogP contribution in [-0.2, 0) is 32.4 Å². The van der Waals surface area contributed by atoms with Crippen molar-refractivity contribution in [3.8, 4) is 0 Å². The lowest BCUT2D eigenvalue weighted by atomic mass is 10.1. The quantitative estimate of drug-likeness (QED) is 0.652. The van der Waals surface area contributed by atoms with Crippen molar-refractivity contribution >= 4 is 33.0 Å². The fraction of sp³-hybridized carbons (Fsp3) is 0.353. The number of benzene rings is 1. The molecule has 0 fully saturated rings. The van der Waals surface area contributed by atoms with Crippen LogP contribution in [0.3, 0.4) is 0 Å². The Labute approximate surface area is 152 Å². The molecule has 1 amide bonds. The molecule has 25 heavy (non-hydrogen) atoms. The van der Waals surface area contributed by atoms with Crippen LogP contribution < -0.4 is 10.0 Å². The largest absolute Gasteiger partial charge is 0.383 e. The summed E-state index contributed by atoms with van der Waals surface area (Å²) >= 11 is 1.27. The molecular weight excluding hydrogens is 360 g/mol. The maximum Gasteiger partial charge on any atom is 0.271 e. The zero-order valence-electron chi connectivity index (χ0n) is 14.2. The zero-order valence-corrected chi connectivity index (χ0v) is 15.9. The number of rotatable bonds is 9. The number of aryl methyl sites for hydroxylation is 1. The molecule has 0 unspecified atom stereocenters. The minimum atomic E-state index is -3.58. The molecule has 0 radical (unpaired) electrons. The number of thiophene rings is 1. The number of ether oxygens (including phenoxy) is 1. The number of sulfonamides is 1. The highest BCUT2D eigenvalue weighted by Crippen LogP contribution is 2.24. The van der Waals surface area contributed by atoms with E-state index in [4.69, 9.17) is 4.74 Å². The van der Waals surface area contributed by atoms with E-state index in [0.29, 0.717) is 23.0 Å². The van der Waals surface area contributed by atoms with Crippen LogP contribution in [0.25, 0.3) is 0 Å². The molecule has 0 saturated carbocycles. The van der Waals surface area contributed by atoms with Gasteiger partial charge in [0.1, 0.15) is 4.21 Å². The second-order valence-corrected chi connectivity index (χ2v) is 8.47. The zero-order chi connectivity index (χ0) is 18.3. The fourth-order valence-electron chi connectivity index (χ4n) is 2.13. The van der Waals surface area contributed by atoms with Crippen LogP contribution >= 0.6 is 11.3 Å². The van der Waals surface area contributed by atoms with Gasteiger partial charge in [-0.1, -0.05) is 19.1 Å². The van der Waals surface area contributed by atoms with Crippen molar-refractivity contribution < 1.29 is 17.9 Å². The van der Waals surface area contributed by atoms with E-state index in [0.717, 1.165) is 16.9 Å². The monoisotopic (exact) mass is 382 g/mol. The predicted molar refractivity (Wildman–Crippen MR) is 99.5 cm³/mol. The highest BCUT2D eigenvalue weighted by atomic mass is 32.2. The maximum absolute atomic E-state index is 12.4. The molecule has 0 aliphatic rings. The Morgan fingerprint density at radius 3 is 2.48 bits per heavy atom. The topological polar surface area (TPSA) is 84.5 Å². The summed E-state index contributed by atoms with van der Waals surface area (Å²) in [6.07, 6.45) is 1.04. The van der Waals surface area contributed by atoms with E-state index in [1.165, 1.54) is 11.3 Å². The molecule has 0 spiro atoms. The lowest BCUT2D eigenvalue weighted by Gasteiger charge is -2.08. The van der Waals surface area contributed by atoms with Gasteiger partial charge in [-0.3, -0.25) is 9.52 Å². The van der Waals surface area contributed by atoms with Crippen molar-refractivity contribution in [1.82, 2.24) is 5.32 Å². The summed E-state index contributed by atoms with van der Waals surface area (Å²) < 4.78 is 32.5. The van der Waals surface area contributed by atoms with Gasteiger partial charge in [-0.05, 0) is 36.2 Å². The maximum atomic E-state index is 12.4. The number of hydrogen-bond donors (Lipinski definition) is 2. The molecule has 6 nitrogen and oxygen atoms in total. The van der Waals surface area contributed by atoms with Crippen LogP contribution in [0.1, 0.15) is 17.4 Å². The van der Waals surface area contributed by atoms with Crippen LogP contribution in [0.4, 0.5) is 5.69 Å². The molecule has 136 valence electrons. The molecule has 0 aliphatic heterocycles. The molecule has 0 atom stereocenters. The Kier molecular flexibility index (Phi) is 6.98. The first kappa shape index (κ1) is 19.4. The van der Waals surface area contributed by atoms with Crippen LogP contribution in [0.5, 0.6) is 0 Å². The van der Waals surface area contributed by atoms with E-state index in [1.54, 1.807) is 37.4 Å². The van der Waals surface area contributed by atoms with E-state index >= 15 is 0 Å². The van der Waals surface area contributed by atoms with Gasteiger partial charge >= 0.3 is 0 Å². The van der Waals surface area contributed by atoms with Crippen LogP contribution in [0.2, 0.25) is 0 Å². The van der Waals surface area contributed by atoms with E-state index in [-0.39, 0.29) is 12.3 Å².